The Kier molecular flexibility index (Phi) is 52.2. The second kappa shape index (κ2) is 53.3. The maximum atomic E-state index is 14.3. The molecule has 0 rings (SSSR count). The monoisotopic (exact) mass is 1210 g/mol. The first kappa shape index (κ1) is 81.3. The SMILES string of the molecule is CCCCCCCCCCCCCC(=O)NCCC[N+](C)(C)CC(O)COP(=O)(OCC(O)C[N+](C)(C)CCCNC(=O)CCCCCCCCCCCCC)OCC(O)C[N+](C)(C)CCCNC(=O)CCCCCCCCCCCCC. The molecule has 16 nitrogen and oxygen atoms in total. The number of unbranched alkanes of at least 4 members (excludes halogenated alkanes) is 30. The van der Waals surface area contributed by atoms with Gasteiger partial charge in [0, 0.05) is 58.2 Å². The first-order chi connectivity index (χ1) is 39.7. The zero-order valence-electron chi connectivity index (χ0n) is 55.8. The van der Waals surface area contributed by atoms with Crippen LogP contribution in [-0.4, -0.2) is 186 Å². The Morgan fingerprint density at radius 3 is 0.735 bits per heavy atom. The Bertz CT molecular complexity index is 1400. The number of phosphoric ester groups is 1. The molecule has 0 fully saturated rings. The standard InChI is InChI=1S/C66H135N6O10P/c1-10-13-16-19-22-25-28-31-34-37-40-46-64(76)67-49-43-52-70(4,5)55-61(73)58-80-83(79,81-59-62(74)56-71(6,7)53-44-50-68-65(77)47-41-38-35-32-29-26-23-20-17-14-11-2)82-60-63(75)57-72(8,9)54-45-51-69-66(78)48-42-39-36-33-30-27-24-21-18-15-12-3/h61-63,73-75H,10-60H2,1-9H3/p+3. The lowest BCUT2D eigenvalue weighted by molar-refractivity contribution is -0.893. The molecule has 0 saturated heterocycles. The number of nitrogens with zero attached hydrogens (tertiary/aromatic N) is 3. The number of phosphoric acid groups is 1. The van der Waals surface area contributed by atoms with Gasteiger partial charge >= 0.3 is 7.82 Å². The fourth-order valence-corrected chi connectivity index (χ4v) is 12.4. The van der Waals surface area contributed by atoms with E-state index in [9.17, 15) is 34.3 Å². The van der Waals surface area contributed by atoms with Gasteiger partial charge in [-0.3, -0.25) is 28.0 Å². The number of carbonyl (C=O) groups excluding carboxylic acids is 3. The lowest BCUT2D eigenvalue weighted by Gasteiger charge is -2.33. The normalized spacial score (nSPS) is 14.1. The van der Waals surface area contributed by atoms with Crippen LogP contribution in [0.4, 0.5) is 0 Å². The zero-order chi connectivity index (χ0) is 61.8. The molecule has 3 atom stereocenters. The number of rotatable bonds is 63. The highest BCUT2D eigenvalue weighted by atomic mass is 31.2. The van der Waals surface area contributed by atoms with E-state index in [4.69, 9.17) is 13.6 Å². The second-order valence-electron chi connectivity index (χ2n) is 26.8. The first-order valence-corrected chi connectivity index (χ1v) is 36.0. The van der Waals surface area contributed by atoms with Crippen molar-refractivity contribution in [1.82, 2.24) is 16.0 Å². The molecule has 0 aliphatic heterocycles. The molecule has 0 aromatic heterocycles. The van der Waals surface area contributed by atoms with E-state index < -0.39 is 26.1 Å². The number of aliphatic hydroxyl groups is 3. The average Bonchev–Trinajstić information content (AvgIpc) is 3.46. The Labute approximate surface area is 511 Å². The molecule has 0 aliphatic carbocycles. The van der Waals surface area contributed by atoms with Crippen molar-refractivity contribution in [2.75, 3.05) is 121 Å². The van der Waals surface area contributed by atoms with Crippen molar-refractivity contribution in [3.05, 3.63) is 0 Å². The van der Waals surface area contributed by atoms with Gasteiger partial charge in [0.1, 0.15) is 37.9 Å². The molecular formula is C66H138N6O10P+3. The summed E-state index contributed by atoms with van der Waals surface area (Å²) in [5.41, 5.74) is 0. The molecule has 0 aromatic rings. The van der Waals surface area contributed by atoms with Crippen molar-refractivity contribution in [3.8, 4) is 0 Å². The zero-order valence-corrected chi connectivity index (χ0v) is 56.7. The molecule has 3 unspecified atom stereocenters. The molecule has 83 heavy (non-hydrogen) atoms. The van der Waals surface area contributed by atoms with Crippen LogP contribution in [0.3, 0.4) is 0 Å². The average molecular weight is 1210 g/mol. The molecular weight excluding hydrogens is 1070 g/mol. The third-order valence-corrected chi connectivity index (χ3v) is 17.6. The molecule has 494 valence electrons. The summed E-state index contributed by atoms with van der Waals surface area (Å²) < 4.78 is 32.9. The van der Waals surface area contributed by atoms with Crippen LogP contribution in [0.5, 0.6) is 0 Å². The van der Waals surface area contributed by atoms with Crippen molar-refractivity contribution in [2.24, 2.45) is 0 Å². The van der Waals surface area contributed by atoms with E-state index in [0.29, 0.717) is 72.0 Å². The highest BCUT2D eigenvalue weighted by molar-refractivity contribution is 7.48. The number of amides is 3. The van der Waals surface area contributed by atoms with E-state index in [2.05, 4.69) is 36.7 Å². The fraction of sp³-hybridized carbons (Fsp3) is 0.955. The van der Waals surface area contributed by atoms with Crippen molar-refractivity contribution in [1.29, 1.82) is 0 Å². The summed E-state index contributed by atoms with van der Waals surface area (Å²) in [6.45, 7) is 10.2. The summed E-state index contributed by atoms with van der Waals surface area (Å²) in [5, 5.41) is 42.7. The van der Waals surface area contributed by atoms with Gasteiger partial charge in [-0.1, -0.05) is 213 Å². The maximum Gasteiger partial charge on any atom is 0.475 e. The number of hydrogen-bond acceptors (Lipinski definition) is 10. The van der Waals surface area contributed by atoms with Crippen LogP contribution in [0.1, 0.15) is 271 Å². The van der Waals surface area contributed by atoms with Crippen molar-refractivity contribution >= 4 is 25.5 Å². The maximum absolute atomic E-state index is 14.3. The van der Waals surface area contributed by atoms with Crippen molar-refractivity contribution in [3.63, 3.8) is 0 Å². The van der Waals surface area contributed by atoms with E-state index in [1.54, 1.807) is 0 Å². The van der Waals surface area contributed by atoms with Crippen LogP contribution in [-0.2, 0) is 32.5 Å². The van der Waals surface area contributed by atoms with E-state index in [-0.39, 0.29) is 57.2 Å². The first-order valence-electron chi connectivity index (χ1n) is 34.5. The van der Waals surface area contributed by atoms with Crippen molar-refractivity contribution < 1.29 is 61.3 Å². The molecule has 3 amide bonds. The molecule has 6 N–H and O–H groups in total. The van der Waals surface area contributed by atoms with Crippen LogP contribution in [0.25, 0.3) is 0 Å². The lowest BCUT2D eigenvalue weighted by atomic mass is 10.1. The van der Waals surface area contributed by atoms with Gasteiger partial charge in [-0.2, -0.15) is 0 Å². The minimum absolute atomic E-state index is 0.0754. The van der Waals surface area contributed by atoms with Gasteiger partial charge in [0.2, 0.25) is 17.7 Å². The summed E-state index contributed by atoms with van der Waals surface area (Å²) in [7, 11) is 7.50. The highest BCUT2D eigenvalue weighted by Gasteiger charge is 2.34. The van der Waals surface area contributed by atoms with Gasteiger partial charge in [0.05, 0.1) is 81.7 Å². The number of aliphatic hydroxyl groups excluding tert-OH is 3. The Balaban J connectivity index is 5.11. The quantitative estimate of drug-likeness (QED) is 0.0194. The number of quaternary nitrogens is 3. The van der Waals surface area contributed by atoms with Gasteiger partial charge in [0.25, 0.3) is 0 Å². The predicted molar refractivity (Wildman–Crippen MR) is 345 cm³/mol. The van der Waals surface area contributed by atoms with Gasteiger partial charge in [-0.25, -0.2) is 4.57 Å². The Morgan fingerprint density at radius 2 is 0.530 bits per heavy atom. The molecule has 0 aliphatic rings. The minimum Gasteiger partial charge on any atom is -0.385 e. The summed E-state index contributed by atoms with van der Waals surface area (Å²) >= 11 is 0. The Hall–Kier alpha value is -1.72. The molecule has 0 heterocycles. The summed E-state index contributed by atoms with van der Waals surface area (Å²) in [4.78, 5) is 37.6. The van der Waals surface area contributed by atoms with Crippen LogP contribution in [0, 0.1) is 0 Å². The fourth-order valence-electron chi connectivity index (χ4n) is 11.1. The third-order valence-electron chi connectivity index (χ3n) is 16.2. The van der Waals surface area contributed by atoms with Gasteiger partial charge in [-0.05, 0) is 19.3 Å². The summed E-state index contributed by atoms with van der Waals surface area (Å²) in [5.74, 6) is 0.226. The van der Waals surface area contributed by atoms with E-state index in [1.807, 2.05) is 42.3 Å². The smallest absolute Gasteiger partial charge is 0.385 e. The number of hydrogen-bond donors (Lipinski definition) is 6. The number of carbonyl (C=O) groups is 3. The van der Waals surface area contributed by atoms with Crippen LogP contribution in [0.15, 0.2) is 0 Å². The van der Waals surface area contributed by atoms with Gasteiger partial charge in [-0.15, -0.1) is 0 Å². The molecule has 0 aromatic carbocycles. The van der Waals surface area contributed by atoms with E-state index in [0.717, 1.165) is 57.8 Å². The molecule has 0 spiro atoms. The summed E-state index contributed by atoms with van der Waals surface area (Å²) in [6, 6.07) is 0. The van der Waals surface area contributed by atoms with Gasteiger partial charge < -0.3 is 44.7 Å². The lowest BCUT2D eigenvalue weighted by Crippen LogP contribution is -2.48. The number of nitrogens with one attached hydrogen (secondary N) is 3. The molecule has 0 bridgehead atoms. The van der Waals surface area contributed by atoms with Crippen LogP contribution in [0.2, 0.25) is 0 Å². The van der Waals surface area contributed by atoms with E-state index in [1.165, 1.54) is 173 Å². The number of likely N-dealkylation sites (N-methyl/N-ethyl adjacent to an activating group) is 3. The summed E-state index contributed by atoms with van der Waals surface area (Å²) in [6.07, 6.45) is 41.7. The topological polar surface area (TPSA) is 193 Å². The van der Waals surface area contributed by atoms with Crippen LogP contribution >= 0.6 is 7.82 Å². The Morgan fingerprint density at radius 1 is 0.337 bits per heavy atom. The molecule has 0 saturated carbocycles. The molecule has 17 heteroatoms. The minimum atomic E-state index is -4.41. The third kappa shape index (κ3) is 55.3. The second-order valence-corrected chi connectivity index (χ2v) is 28.5. The van der Waals surface area contributed by atoms with E-state index >= 15 is 0 Å². The van der Waals surface area contributed by atoms with Crippen LogP contribution < -0.4 is 16.0 Å². The largest absolute Gasteiger partial charge is 0.475 e. The predicted octanol–water partition coefficient (Wildman–Crippen LogP) is 13.1. The highest BCUT2D eigenvalue weighted by Crippen LogP contribution is 2.50. The van der Waals surface area contributed by atoms with Crippen molar-refractivity contribution in [2.45, 2.75) is 289 Å². The van der Waals surface area contributed by atoms with Gasteiger partial charge in [0.15, 0.2) is 0 Å². The molecule has 0 radical (unpaired) electrons.